The van der Waals surface area contributed by atoms with E-state index in [0.717, 1.165) is 11.0 Å². The first-order valence-corrected chi connectivity index (χ1v) is 4.35. The zero-order valence-electron chi connectivity index (χ0n) is 7.39. The summed E-state index contributed by atoms with van der Waals surface area (Å²) >= 11 is 3.26. The molecule has 0 amide bonds. The Balaban J connectivity index is 3.69. The summed E-state index contributed by atoms with van der Waals surface area (Å²) in [5, 5.41) is 9.41. The molecule has 0 unspecified atom stereocenters. The van der Waals surface area contributed by atoms with Gasteiger partial charge in [0.15, 0.2) is 0 Å². The first kappa shape index (κ1) is 11.1. The van der Waals surface area contributed by atoms with Crippen LogP contribution < -0.4 is 0 Å². The van der Waals surface area contributed by atoms with Gasteiger partial charge in [0.05, 0.1) is 5.60 Å². The average molecular weight is 222 g/mol. The molecule has 0 radical (unpaired) electrons. The predicted octanol–water partition coefficient (Wildman–Crippen LogP) is 1.60. The predicted molar refractivity (Wildman–Crippen MR) is 51.9 cm³/mol. The van der Waals surface area contributed by atoms with E-state index >= 15 is 0 Å². The third-order valence-corrected chi connectivity index (χ3v) is 1.35. The fourth-order valence-corrected chi connectivity index (χ4v) is 1.44. The maximum absolute atomic E-state index is 9.41. The lowest BCUT2D eigenvalue weighted by molar-refractivity contribution is 0.0478. The number of hydrogen-bond donors (Lipinski definition) is 1. The highest BCUT2D eigenvalue weighted by molar-refractivity contribution is 9.11. The Kier molecular flexibility index (Phi) is 4.29. The van der Waals surface area contributed by atoms with Crippen LogP contribution in [-0.2, 0) is 0 Å². The van der Waals surface area contributed by atoms with Gasteiger partial charge in [-0.2, -0.15) is 0 Å². The van der Waals surface area contributed by atoms with Crippen LogP contribution >= 0.6 is 15.9 Å². The Morgan fingerprint density at radius 2 is 2.09 bits per heavy atom. The van der Waals surface area contributed by atoms with E-state index in [0.29, 0.717) is 6.54 Å². The number of likely N-dealkylation sites (N-methyl/N-ethyl adjacent to an activating group) is 1. The Morgan fingerprint density at radius 3 is 2.36 bits per heavy atom. The van der Waals surface area contributed by atoms with E-state index < -0.39 is 5.60 Å². The normalized spacial score (nSPS) is 12.2. The van der Waals surface area contributed by atoms with Crippen molar-refractivity contribution >= 4 is 15.9 Å². The summed E-state index contributed by atoms with van der Waals surface area (Å²) < 4.78 is 0.934. The molecule has 0 aromatic rings. The summed E-state index contributed by atoms with van der Waals surface area (Å²) in [5.41, 5.74) is -0.628. The molecule has 11 heavy (non-hydrogen) atoms. The second-order valence-electron chi connectivity index (χ2n) is 3.50. The summed E-state index contributed by atoms with van der Waals surface area (Å²) in [6.45, 7) is 8.72. The lowest BCUT2D eigenvalue weighted by Gasteiger charge is -2.24. The molecule has 0 aromatic carbocycles. The van der Waals surface area contributed by atoms with Crippen molar-refractivity contribution in [2.45, 2.75) is 19.4 Å². The maximum Gasteiger partial charge on any atom is 0.0718 e. The minimum atomic E-state index is -0.628. The molecule has 0 aliphatic carbocycles. The van der Waals surface area contributed by atoms with Crippen LogP contribution in [0, 0.1) is 0 Å². The van der Waals surface area contributed by atoms with E-state index in [2.05, 4.69) is 22.5 Å². The summed E-state index contributed by atoms with van der Waals surface area (Å²) in [7, 11) is 1.95. The van der Waals surface area contributed by atoms with Gasteiger partial charge >= 0.3 is 0 Å². The maximum atomic E-state index is 9.41. The fraction of sp³-hybridized carbons (Fsp3) is 0.750. The molecule has 0 fully saturated rings. The van der Waals surface area contributed by atoms with Gasteiger partial charge in [-0.3, -0.25) is 4.90 Å². The van der Waals surface area contributed by atoms with Crippen molar-refractivity contribution in [2.24, 2.45) is 0 Å². The van der Waals surface area contributed by atoms with Crippen molar-refractivity contribution in [1.29, 1.82) is 0 Å². The van der Waals surface area contributed by atoms with Crippen molar-refractivity contribution in [3.8, 4) is 0 Å². The van der Waals surface area contributed by atoms with E-state index in [-0.39, 0.29) is 0 Å². The van der Waals surface area contributed by atoms with Crippen LogP contribution in [-0.4, -0.2) is 35.7 Å². The van der Waals surface area contributed by atoms with E-state index in [4.69, 9.17) is 0 Å². The van der Waals surface area contributed by atoms with Crippen molar-refractivity contribution in [1.82, 2.24) is 4.90 Å². The Hall–Kier alpha value is 0.140. The van der Waals surface area contributed by atoms with E-state index in [1.165, 1.54) is 0 Å². The third-order valence-electron chi connectivity index (χ3n) is 1.10. The molecule has 0 heterocycles. The second-order valence-corrected chi connectivity index (χ2v) is 4.62. The van der Waals surface area contributed by atoms with Gasteiger partial charge in [0.1, 0.15) is 0 Å². The van der Waals surface area contributed by atoms with Crippen LogP contribution in [0.2, 0.25) is 0 Å². The van der Waals surface area contributed by atoms with Crippen LogP contribution in [0.1, 0.15) is 13.8 Å². The molecule has 0 aliphatic heterocycles. The lowest BCUT2D eigenvalue weighted by atomic mass is 10.1. The molecular weight excluding hydrogens is 206 g/mol. The van der Waals surface area contributed by atoms with Crippen molar-refractivity contribution in [3.05, 3.63) is 11.1 Å². The molecule has 0 spiro atoms. The van der Waals surface area contributed by atoms with Crippen molar-refractivity contribution in [3.63, 3.8) is 0 Å². The van der Waals surface area contributed by atoms with Crippen LogP contribution in [0.3, 0.4) is 0 Å². The highest BCUT2D eigenvalue weighted by Gasteiger charge is 2.15. The van der Waals surface area contributed by atoms with Gasteiger partial charge in [0, 0.05) is 17.6 Å². The van der Waals surface area contributed by atoms with Gasteiger partial charge in [-0.25, -0.2) is 0 Å². The highest BCUT2D eigenvalue weighted by atomic mass is 79.9. The lowest BCUT2D eigenvalue weighted by Crippen LogP contribution is -2.36. The van der Waals surface area contributed by atoms with Crippen LogP contribution in [0.25, 0.3) is 0 Å². The molecule has 2 nitrogen and oxygen atoms in total. The number of aliphatic hydroxyl groups is 1. The van der Waals surface area contributed by atoms with Gasteiger partial charge in [0.25, 0.3) is 0 Å². The summed E-state index contributed by atoms with van der Waals surface area (Å²) in [4.78, 5) is 2.01. The fourth-order valence-electron chi connectivity index (χ4n) is 1.01. The highest BCUT2D eigenvalue weighted by Crippen LogP contribution is 2.07. The minimum absolute atomic E-state index is 0.628. The van der Waals surface area contributed by atoms with Crippen LogP contribution in [0.15, 0.2) is 11.1 Å². The Morgan fingerprint density at radius 1 is 1.64 bits per heavy atom. The SMILES string of the molecule is C=C(Br)CN(C)CC(C)(C)O. The standard InChI is InChI=1S/C8H16BrNO/c1-7(9)5-10(4)6-8(2,3)11/h11H,1,5-6H2,2-4H3. The molecule has 0 rings (SSSR count). The smallest absolute Gasteiger partial charge is 0.0718 e. The Bertz CT molecular complexity index is 140. The third kappa shape index (κ3) is 8.04. The number of rotatable bonds is 4. The van der Waals surface area contributed by atoms with E-state index in [9.17, 15) is 5.11 Å². The molecule has 0 aliphatic rings. The average Bonchev–Trinajstić information content (AvgIpc) is 1.53. The number of hydrogen-bond acceptors (Lipinski definition) is 2. The van der Waals surface area contributed by atoms with Crippen LogP contribution in [0.4, 0.5) is 0 Å². The largest absolute Gasteiger partial charge is 0.389 e. The monoisotopic (exact) mass is 221 g/mol. The number of halogens is 1. The van der Waals surface area contributed by atoms with Gasteiger partial charge in [0.2, 0.25) is 0 Å². The van der Waals surface area contributed by atoms with Gasteiger partial charge in [-0.1, -0.05) is 22.5 Å². The van der Waals surface area contributed by atoms with Gasteiger partial charge in [-0.15, -0.1) is 0 Å². The molecule has 0 bridgehead atoms. The minimum Gasteiger partial charge on any atom is -0.389 e. The molecular formula is C8H16BrNO. The second kappa shape index (κ2) is 4.24. The summed E-state index contributed by atoms with van der Waals surface area (Å²) in [5.74, 6) is 0. The van der Waals surface area contributed by atoms with Gasteiger partial charge < -0.3 is 5.11 Å². The first-order valence-electron chi connectivity index (χ1n) is 3.55. The van der Waals surface area contributed by atoms with E-state index in [1.54, 1.807) is 13.8 Å². The molecule has 1 N–H and O–H groups in total. The zero-order valence-corrected chi connectivity index (χ0v) is 8.98. The molecule has 0 atom stereocenters. The molecule has 66 valence electrons. The Labute approximate surface area is 77.0 Å². The topological polar surface area (TPSA) is 23.5 Å². The molecule has 0 aromatic heterocycles. The zero-order chi connectivity index (χ0) is 9.07. The number of nitrogens with zero attached hydrogens (tertiary/aromatic N) is 1. The quantitative estimate of drug-likeness (QED) is 0.780. The molecule has 3 heteroatoms. The molecule has 0 saturated carbocycles. The molecule has 0 saturated heterocycles. The van der Waals surface area contributed by atoms with Crippen LogP contribution in [0.5, 0.6) is 0 Å². The summed E-state index contributed by atoms with van der Waals surface area (Å²) in [6.07, 6.45) is 0. The van der Waals surface area contributed by atoms with Crippen molar-refractivity contribution in [2.75, 3.05) is 20.1 Å². The van der Waals surface area contributed by atoms with E-state index in [1.807, 2.05) is 11.9 Å². The first-order chi connectivity index (χ1) is 4.81. The van der Waals surface area contributed by atoms with Gasteiger partial charge in [-0.05, 0) is 20.9 Å². The summed E-state index contributed by atoms with van der Waals surface area (Å²) in [6, 6.07) is 0. The van der Waals surface area contributed by atoms with Crippen molar-refractivity contribution < 1.29 is 5.11 Å².